The highest BCUT2D eigenvalue weighted by molar-refractivity contribution is 5.51. The molecule has 0 atom stereocenters. The highest BCUT2D eigenvalue weighted by Crippen LogP contribution is 2.15. The summed E-state index contributed by atoms with van der Waals surface area (Å²) in [6.07, 6.45) is 0. The Labute approximate surface area is 77.3 Å². The molecule has 1 heterocycles. The molecule has 0 aliphatic heterocycles. The Morgan fingerprint density at radius 2 is 2.38 bits per heavy atom. The zero-order valence-corrected chi connectivity index (χ0v) is 7.83. The Hall–Kier alpha value is -1.76. The fourth-order valence-electron chi connectivity index (χ4n) is 1.11. The number of nitrogens with two attached hydrogens (primary N) is 1. The topological polar surface area (TPSA) is 67.6 Å². The average molecular weight is 176 g/mol. The molecule has 4 nitrogen and oxygen atoms in total. The Balaban J connectivity index is 3.12. The highest BCUT2D eigenvalue weighted by Gasteiger charge is 2.10. The fraction of sp³-hybridized carbons (Fsp3) is 0.333. The molecule has 0 bridgehead atoms. The second-order valence-electron chi connectivity index (χ2n) is 3.07. The lowest BCUT2D eigenvalue weighted by Crippen LogP contribution is -2.05. The van der Waals surface area contributed by atoms with Crippen LogP contribution < -0.4 is 5.73 Å². The summed E-state index contributed by atoms with van der Waals surface area (Å²) in [6, 6.07) is 2.02. The number of allylic oxidation sites excluding steroid dienone is 1. The lowest BCUT2D eigenvalue weighted by Gasteiger charge is -2.01. The van der Waals surface area contributed by atoms with Crippen molar-refractivity contribution in [1.29, 1.82) is 5.26 Å². The predicted molar refractivity (Wildman–Crippen MR) is 50.9 cm³/mol. The van der Waals surface area contributed by atoms with Gasteiger partial charge in [0.1, 0.15) is 17.5 Å². The molecular formula is C9H12N4. The second kappa shape index (κ2) is 3.31. The fourth-order valence-corrected chi connectivity index (χ4v) is 1.11. The minimum Gasteiger partial charge on any atom is -0.383 e. The zero-order chi connectivity index (χ0) is 10.0. The summed E-state index contributed by atoms with van der Waals surface area (Å²) in [7, 11) is 0. The summed E-state index contributed by atoms with van der Waals surface area (Å²) in [5, 5.41) is 12.9. The summed E-state index contributed by atoms with van der Waals surface area (Å²) in [5.41, 5.74) is 7.78. The molecule has 68 valence electrons. The van der Waals surface area contributed by atoms with Gasteiger partial charge >= 0.3 is 0 Å². The van der Waals surface area contributed by atoms with Crippen molar-refractivity contribution < 1.29 is 0 Å². The first-order valence-corrected chi connectivity index (χ1v) is 3.93. The van der Waals surface area contributed by atoms with E-state index in [1.807, 2.05) is 13.0 Å². The van der Waals surface area contributed by atoms with Gasteiger partial charge in [0.2, 0.25) is 0 Å². The van der Waals surface area contributed by atoms with E-state index in [1.165, 1.54) is 0 Å². The molecule has 0 saturated carbocycles. The minimum atomic E-state index is 0.419. The van der Waals surface area contributed by atoms with Crippen LogP contribution in [0.3, 0.4) is 0 Å². The third-order valence-corrected chi connectivity index (χ3v) is 1.70. The number of aromatic nitrogens is 2. The lowest BCUT2D eigenvalue weighted by atomic mass is 10.3. The van der Waals surface area contributed by atoms with Crippen molar-refractivity contribution in [2.75, 3.05) is 5.73 Å². The smallest absolute Gasteiger partial charge is 0.140 e. The molecular weight excluding hydrogens is 164 g/mol. The summed E-state index contributed by atoms with van der Waals surface area (Å²) in [5.74, 6) is 0.419. The van der Waals surface area contributed by atoms with Crippen molar-refractivity contribution in [2.45, 2.75) is 20.4 Å². The van der Waals surface area contributed by atoms with E-state index in [0.29, 0.717) is 23.6 Å². The van der Waals surface area contributed by atoms with Gasteiger partial charge in [0, 0.05) is 0 Å². The van der Waals surface area contributed by atoms with Crippen molar-refractivity contribution in [3.8, 4) is 6.07 Å². The number of aryl methyl sites for hydroxylation is 1. The van der Waals surface area contributed by atoms with E-state index in [9.17, 15) is 0 Å². The Bertz CT molecular complexity index is 381. The number of nitrogen functional groups attached to an aromatic ring is 1. The molecule has 0 saturated heterocycles. The van der Waals surface area contributed by atoms with Gasteiger partial charge in [0.05, 0.1) is 12.2 Å². The molecule has 2 N–H and O–H groups in total. The third kappa shape index (κ3) is 1.70. The van der Waals surface area contributed by atoms with E-state index in [4.69, 9.17) is 11.0 Å². The SMILES string of the molecule is C=C(C)Cn1nc(C)c(C#N)c1N. The molecule has 1 rings (SSSR count). The maximum atomic E-state index is 8.74. The van der Waals surface area contributed by atoms with E-state index in [2.05, 4.69) is 11.7 Å². The number of hydrogen-bond donors (Lipinski definition) is 1. The summed E-state index contributed by atoms with van der Waals surface area (Å²) < 4.78 is 1.59. The Morgan fingerprint density at radius 3 is 2.77 bits per heavy atom. The Morgan fingerprint density at radius 1 is 1.77 bits per heavy atom. The number of anilines is 1. The number of rotatable bonds is 2. The van der Waals surface area contributed by atoms with Crippen molar-refractivity contribution in [1.82, 2.24) is 9.78 Å². The van der Waals surface area contributed by atoms with Crippen LogP contribution in [-0.2, 0) is 6.54 Å². The minimum absolute atomic E-state index is 0.419. The van der Waals surface area contributed by atoms with Crippen molar-refractivity contribution in [2.24, 2.45) is 0 Å². The van der Waals surface area contributed by atoms with E-state index < -0.39 is 0 Å². The second-order valence-corrected chi connectivity index (χ2v) is 3.07. The maximum absolute atomic E-state index is 8.74. The monoisotopic (exact) mass is 176 g/mol. The van der Waals surface area contributed by atoms with Gasteiger partial charge in [-0.3, -0.25) is 0 Å². The van der Waals surface area contributed by atoms with Gasteiger partial charge in [-0.15, -0.1) is 0 Å². The van der Waals surface area contributed by atoms with Crippen LogP contribution in [0.4, 0.5) is 5.82 Å². The first kappa shape index (κ1) is 9.33. The van der Waals surface area contributed by atoms with E-state index in [-0.39, 0.29) is 0 Å². The van der Waals surface area contributed by atoms with Gasteiger partial charge in [-0.1, -0.05) is 12.2 Å². The van der Waals surface area contributed by atoms with Crippen LogP contribution in [0, 0.1) is 18.3 Å². The van der Waals surface area contributed by atoms with Crippen molar-refractivity contribution in [3.63, 3.8) is 0 Å². The zero-order valence-electron chi connectivity index (χ0n) is 7.83. The van der Waals surface area contributed by atoms with Gasteiger partial charge in [0.25, 0.3) is 0 Å². The van der Waals surface area contributed by atoms with Crippen molar-refractivity contribution >= 4 is 5.82 Å². The molecule has 0 fully saturated rings. The molecule has 0 radical (unpaired) electrons. The van der Waals surface area contributed by atoms with Gasteiger partial charge in [-0.05, 0) is 13.8 Å². The number of nitrogens with zero attached hydrogens (tertiary/aromatic N) is 3. The van der Waals surface area contributed by atoms with Crippen LogP contribution in [0.5, 0.6) is 0 Å². The summed E-state index contributed by atoms with van der Waals surface area (Å²) in [4.78, 5) is 0. The lowest BCUT2D eigenvalue weighted by molar-refractivity contribution is 0.681. The molecule has 1 aromatic heterocycles. The van der Waals surface area contributed by atoms with Crippen LogP contribution >= 0.6 is 0 Å². The van der Waals surface area contributed by atoms with Gasteiger partial charge in [0.15, 0.2) is 0 Å². The van der Waals surface area contributed by atoms with Crippen LogP contribution in [0.15, 0.2) is 12.2 Å². The van der Waals surface area contributed by atoms with Gasteiger partial charge < -0.3 is 5.73 Å². The third-order valence-electron chi connectivity index (χ3n) is 1.70. The normalized spacial score (nSPS) is 9.62. The van der Waals surface area contributed by atoms with E-state index in [0.717, 1.165) is 5.57 Å². The number of hydrogen-bond acceptors (Lipinski definition) is 3. The van der Waals surface area contributed by atoms with Crippen LogP contribution in [0.2, 0.25) is 0 Å². The molecule has 0 amide bonds. The molecule has 0 spiro atoms. The highest BCUT2D eigenvalue weighted by atomic mass is 15.3. The van der Waals surface area contributed by atoms with E-state index >= 15 is 0 Å². The predicted octanol–water partition coefficient (Wildman–Crippen LogP) is 1.22. The molecule has 13 heavy (non-hydrogen) atoms. The van der Waals surface area contributed by atoms with Gasteiger partial charge in [-0.25, -0.2) is 4.68 Å². The first-order valence-electron chi connectivity index (χ1n) is 3.93. The number of nitriles is 1. The standard InChI is InChI=1S/C9H12N4/c1-6(2)5-13-9(11)8(4-10)7(3)12-13/h1,5,11H2,2-3H3. The van der Waals surface area contributed by atoms with Crippen molar-refractivity contribution in [3.05, 3.63) is 23.4 Å². The van der Waals surface area contributed by atoms with Crippen LogP contribution in [-0.4, -0.2) is 9.78 Å². The molecule has 4 heteroatoms. The first-order chi connectivity index (χ1) is 6.06. The quantitative estimate of drug-likeness (QED) is 0.689. The van der Waals surface area contributed by atoms with E-state index in [1.54, 1.807) is 11.6 Å². The molecule has 0 aliphatic carbocycles. The van der Waals surface area contributed by atoms with Crippen LogP contribution in [0.25, 0.3) is 0 Å². The Kier molecular flexibility index (Phi) is 2.38. The summed E-state index contributed by atoms with van der Waals surface area (Å²) >= 11 is 0. The summed E-state index contributed by atoms with van der Waals surface area (Å²) in [6.45, 7) is 7.98. The van der Waals surface area contributed by atoms with Crippen LogP contribution in [0.1, 0.15) is 18.2 Å². The largest absolute Gasteiger partial charge is 0.383 e. The molecule has 0 aromatic carbocycles. The van der Waals surface area contributed by atoms with Gasteiger partial charge in [-0.2, -0.15) is 10.4 Å². The molecule has 0 unspecified atom stereocenters. The molecule has 0 aliphatic rings. The maximum Gasteiger partial charge on any atom is 0.140 e. The molecule has 1 aromatic rings. The average Bonchev–Trinajstić information content (AvgIpc) is 2.26.